The van der Waals surface area contributed by atoms with E-state index in [2.05, 4.69) is 35.2 Å². The highest BCUT2D eigenvalue weighted by Crippen LogP contribution is 2.29. The highest BCUT2D eigenvalue weighted by atomic mass is 16.5. The largest absolute Gasteiger partial charge is 0.490 e. The number of hydrogen-bond acceptors (Lipinski definition) is 5. The summed E-state index contributed by atoms with van der Waals surface area (Å²) in [7, 11) is 0. The molecule has 7 heteroatoms. The van der Waals surface area contributed by atoms with Crippen molar-refractivity contribution in [2.75, 3.05) is 19.7 Å². The monoisotopic (exact) mass is 413 g/mol. The lowest BCUT2D eigenvalue weighted by Gasteiger charge is -2.18. The number of ether oxygens (including phenoxy) is 2. The standard InChI is InChI=1S/C19H23NO2.C4H4O4/c1-2-21-18-10-6-7-11-19(18)22-17-12-13-20(15-17)14-16-8-4-3-5-9-16;5-3(6)1-2-4(7)8/h3-11,17H,2,12-15H2,1H3;1-2H,(H,5,6)(H,7,8)/b;2-1-. The Kier molecular flexibility index (Phi) is 9.40. The lowest BCUT2D eigenvalue weighted by atomic mass is 10.2. The molecule has 1 atom stereocenters. The van der Waals surface area contributed by atoms with Gasteiger partial charge in [-0.3, -0.25) is 4.90 Å². The zero-order chi connectivity index (χ0) is 21.8. The van der Waals surface area contributed by atoms with E-state index in [1.54, 1.807) is 0 Å². The number of carboxylic acids is 2. The smallest absolute Gasteiger partial charge is 0.328 e. The van der Waals surface area contributed by atoms with Crippen molar-refractivity contribution in [2.24, 2.45) is 0 Å². The molecule has 1 heterocycles. The number of nitrogens with zero attached hydrogens (tertiary/aromatic N) is 1. The fraction of sp³-hybridized carbons (Fsp3) is 0.304. The summed E-state index contributed by atoms with van der Waals surface area (Å²) in [6.07, 6.45) is 2.42. The topological polar surface area (TPSA) is 96.3 Å². The molecule has 0 amide bonds. The zero-order valence-corrected chi connectivity index (χ0v) is 16.9. The van der Waals surface area contributed by atoms with Crippen LogP contribution in [0.1, 0.15) is 18.9 Å². The van der Waals surface area contributed by atoms with Crippen molar-refractivity contribution in [3.8, 4) is 11.5 Å². The molecule has 0 aliphatic carbocycles. The molecule has 3 rings (SSSR count). The molecule has 0 spiro atoms. The molecule has 1 fully saturated rings. The molecule has 30 heavy (non-hydrogen) atoms. The second-order valence-corrected chi connectivity index (χ2v) is 6.64. The van der Waals surface area contributed by atoms with E-state index in [1.165, 1.54) is 5.56 Å². The third-order valence-corrected chi connectivity index (χ3v) is 4.29. The Morgan fingerprint density at radius 1 is 1.00 bits per heavy atom. The summed E-state index contributed by atoms with van der Waals surface area (Å²) in [4.78, 5) is 21.6. The zero-order valence-electron chi connectivity index (χ0n) is 16.9. The van der Waals surface area contributed by atoms with Crippen LogP contribution in [-0.2, 0) is 16.1 Å². The van der Waals surface area contributed by atoms with Crippen molar-refractivity contribution in [3.05, 3.63) is 72.3 Å². The van der Waals surface area contributed by atoms with E-state index in [0.29, 0.717) is 18.8 Å². The van der Waals surface area contributed by atoms with Gasteiger partial charge in [0.2, 0.25) is 0 Å². The second-order valence-electron chi connectivity index (χ2n) is 6.64. The van der Waals surface area contributed by atoms with Gasteiger partial charge in [-0.2, -0.15) is 0 Å². The molecule has 7 nitrogen and oxygen atoms in total. The summed E-state index contributed by atoms with van der Waals surface area (Å²) in [6.45, 7) is 5.69. The Labute approximate surface area is 176 Å². The maximum Gasteiger partial charge on any atom is 0.328 e. The third-order valence-electron chi connectivity index (χ3n) is 4.29. The molecule has 0 radical (unpaired) electrons. The Morgan fingerprint density at radius 2 is 1.60 bits per heavy atom. The lowest BCUT2D eigenvalue weighted by Crippen LogP contribution is -2.24. The van der Waals surface area contributed by atoms with Crippen molar-refractivity contribution in [1.82, 2.24) is 4.90 Å². The van der Waals surface area contributed by atoms with Gasteiger partial charge >= 0.3 is 11.9 Å². The van der Waals surface area contributed by atoms with Crippen LogP contribution >= 0.6 is 0 Å². The van der Waals surface area contributed by atoms with Crippen LogP contribution in [0.15, 0.2) is 66.7 Å². The van der Waals surface area contributed by atoms with Crippen molar-refractivity contribution >= 4 is 11.9 Å². The van der Waals surface area contributed by atoms with Crippen molar-refractivity contribution in [3.63, 3.8) is 0 Å². The predicted octanol–water partition coefficient (Wildman–Crippen LogP) is 3.45. The van der Waals surface area contributed by atoms with E-state index >= 15 is 0 Å². The average Bonchev–Trinajstić information content (AvgIpc) is 3.16. The van der Waals surface area contributed by atoms with E-state index in [-0.39, 0.29) is 6.10 Å². The van der Waals surface area contributed by atoms with E-state index in [4.69, 9.17) is 19.7 Å². The van der Waals surface area contributed by atoms with Gasteiger partial charge in [-0.15, -0.1) is 0 Å². The first-order chi connectivity index (χ1) is 14.5. The summed E-state index contributed by atoms with van der Waals surface area (Å²) >= 11 is 0. The van der Waals surface area contributed by atoms with E-state index in [0.717, 1.165) is 37.6 Å². The molecule has 0 aromatic heterocycles. The first-order valence-corrected chi connectivity index (χ1v) is 9.76. The Bertz CT molecular complexity index is 821. The average molecular weight is 413 g/mol. The van der Waals surface area contributed by atoms with E-state index < -0.39 is 11.9 Å². The van der Waals surface area contributed by atoms with Gasteiger partial charge in [0.05, 0.1) is 6.61 Å². The minimum Gasteiger partial charge on any atom is -0.490 e. The lowest BCUT2D eigenvalue weighted by molar-refractivity contribution is -0.134. The molecular weight excluding hydrogens is 386 g/mol. The quantitative estimate of drug-likeness (QED) is 0.640. The molecule has 2 aromatic carbocycles. The molecule has 0 saturated carbocycles. The predicted molar refractivity (Wildman–Crippen MR) is 113 cm³/mol. The highest BCUT2D eigenvalue weighted by Gasteiger charge is 2.24. The number of aliphatic carboxylic acids is 2. The molecule has 1 aliphatic heterocycles. The molecule has 2 aromatic rings. The van der Waals surface area contributed by atoms with Crippen LogP contribution in [0.2, 0.25) is 0 Å². The summed E-state index contributed by atoms with van der Waals surface area (Å²) in [5.74, 6) is -0.817. The van der Waals surface area contributed by atoms with Crippen LogP contribution in [0.4, 0.5) is 0 Å². The van der Waals surface area contributed by atoms with Gasteiger partial charge in [-0.25, -0.2) is 9.59 Å². The van der Waals surface area contributed by atoms with E-state index in [1.807, 2.05) is 31.2 Å². The number of carbonyl (C=O) groups is 2. The fourth-order valence-corrected chi connectivity index (χ4v) is 3.02. The number of para-hydroxylation sites is 2. The molecule has 1 unspecified atom stereocenters. The van der Waals surface area contributed by atoms with Gasteiger partial charge in [0.1, 0.15) is 6.10 Å². The summed E-state index contributed by atoms with van der Waals surface area (Å²) in [6, 6.07) is 18.5. The van der Waals surface area contributed by atoms with Crippen LogP contribution in [-0.4, -0.2) is 52.9 Å². The van der Waals surface area contributed by atoms with E-state index in [9.17, 15) is 9.59 Å². The highest BCUT2D eigenvalue weighted by molar-refractivity contribution is 5.89. The first kappa shape index (κ1) is 23.0. The second kappa shape index (κ2) is 12.3. The Balaban J connectivity index is 0.000000343. The number of benzene rings is 2. The first-order valence-electron chi connectivity index (χ1n) is 9.76. The molecular formula is C23H27NO6. The maximum atomic E-state index is 9.55. The Hall–Kier alpha value is -3.32. The van der Waals surface area contributed by atoms with Crippen LogP contribution < -0.4 is 9.47 Å². The van der Waals surface area contributed by atoms with Crippen LogP contribution in [0.3, 0.4) is 0 Å². The van der Waals surface area contributed by atoms with Crippen molar-refractivity contribution in [2.45, 2.75) is 26.0 Å². The minimum absolute atomic E-state index is 0.241. The minimum atomic E-state index is -1.26. The summed E-state index contributed by atoms with van der Waals surface area (Å²) in [5, 5.41) is 15.6. The van der Waals surface area contributed by atoms with Gasteiger partial charge in [0.25, 0.3) is 0 Å². The summed E-state index contributed by atoms with van der Waals surface area (Å²) < 4.78 is 11.8. The number of rotatable bonds is 8. The van der Waals surface area contributed by atoms with Crippen molar-refractivity contribution < 1.29 is 29.3 Å². The third kappa shape index (κ3) is 8.36. The van der Waals surface area contributed by atoms with Gasteiger partial charge < -0.3 is 19.7 Å². The molecule has 160 valence electrons. The normalized spacial score (nSPS) is 16.0. The van der Waals surface area contributed by atoms with Gasteiger partial charge in [0, 0.05) is 31.8 Å². The van der Waals surface area contributed by atoms with Gasteiger partial charge in [-0.1, -0.05) is 42.5 Å². The van der Waals surface area contributed by atoms with Crippen LogP contribution in [0.5, 0.6) is 11.5 Å². The Morgan fingerprint density at radius 3 is 2.20 bits per heavy atom. The molecule has 0 bridgehead atoms. The van der Waals surface area contributed by atoms with Crippen LogP contribution in [0, 0.1) is 0 Å². The number of hydrogen-bond donors (Lipinski definition) is 2. The number of carboxylic acid groups (broad SMARTS) is 2. The molecule has 1 saturated heterocycles. The van der Waals surface area contributed by atoms with Gasteiger partial charge in [0.15, 0.2) is 11.5 Å². The van der Waals surface area contributed by atoms with Crippen molar-refractivity contribution in [1.29, 1.82) is 0 Å². The SMILES string of the molecule is CCOc1ccccc1OC1CCN(Cc2ccccc2)C1.O=C(O)/C=C\C(=O)O. The van der Waals surface area contributed by atoms with Crippen LogP contribution in [0.25, 0.3) is 0 Å². The fourth-order valence-electron chi connectivity index (χ4n) is 3.02. The van der Waals surface area contributed by atoms with Gasteiger partial charge in [-0.05, 0) is 31.0 Å². The molecule has 2 N–H and O–H groups in total. The molecule has 1 aliphatic rings. The number of likely N-dealkylation sites (tertiary alicyclic amines) is 1. The summed E-state index contributed by atoms with van der Waals surface area (Å²) in [5.41, 5.74) is 1.36. The maximum absolute atomic E-state index is 9.55.